The van der Waals surface area contributed by atoms with Crippen LogP contribution in [0.5, 0.6) is 0 Å². The first-order valence-electron chi connectivity index (χ1n) is 6.02. The smallest absolute Gasteiger partial charge is 0.259 e. The number of benzene rings is 1. The molecule has 0 spiro atoms. The van der Waals surface area contributed by atoms with Crippen molar-refractivity contribution in [2.24, 2.45) is 5.84 Å². The van der Waals surface area contributed by atoms with Crippen LogP contribution in [0.4, 0.5) is 15.8 Å². The van der Waals surface area contributed by atoms with Crippen LogP contribution in [0.25, 0.3) is 0 Å². The van der Waals surface area contributed by atoms with E-state index in [9.17, 15) is 9.18 Å². The number of halogens is 1. The number of hydrogen-bond acceptors (Lipinski definition) is 4. The normalized spacial score (nSPS) is 10.2. The number of amides is 1. The van der Waals surface area contributed by atoms with Crippen molar-refractivity contribution < 1.29 is 9.18 Å². The number of nitrogens with one attached hydrogen (secondary N) is 2. The van der Waals surface area contributed by atoms with E-state index >= 15 is 0 Å². The highest BCUT2D eigenvalue weighted by Gasteiger charge is 2.13. The van der Waals surface area contributed by atoms with E-state index in [4.69, 9.17) is 5.84 Å². The zero-order valence-electron chi connectivity index (χ0n) is 11.2. The molecule has 0 atom stereocenters. The predicted molar refractivity (Wildman–Crippen MR) is 75.9 cm³/mol. The summed E-state index contributed by atoms with van der Waals surface area (Å²) in [5.41, 5.74) is 5.19. The average molecular weight is 274 g/mol. The number of carbonyl (C=O) groups excluding carboxylic acids is 1. The molecular weight excluding hydrogens is 259 g/mol. The second-order valence-corrected chi connectivity index (χ2v) is 4.43. The van der Waals surface area contributed by atoms with Gasteiger partial charge in [0.05, 0.1) is 11.3 Å². The molecule has 5 nitrogen and oxygen atoms in total. The van der Waals surface area contributed by atoms with Crippen LogP contribution >= 0.6 is 0 Å². The third kappa shape index (κ3) is 2.92. The van der Waals surface area contributed by atoms with E-state index in [1.807, 2.05) is 0 Å². The molecule has 0 saturated carbocycles. The summed E-state index contributed by atoms with van der Waals surface area (Å²) in [6.07, 6.45) is 1.44. The molecule has 4 N–H and O–H groups in total. The quantitative estimate of drug-likeness (QED) is 0.593. The Kier molecular flexibility index (Phi) is 3.95. The molecule has 6 heteroatoms. The summed E-state index contributed by atoms with van der Waals surface area (Å²) in [5.74, 6) is 4.69. The molecule has 1 aromatic carbocycles. The lowest BCUT2D eigenvalue weighted by Gasteiger charge is -2.11. The van der Waals surface area contributed by atoms with Gasteiger partial charge in [0.1, 0.15) is 5.82 Å². The molecule has 0 fully saturated rings. The first-order chi connectivity index (χ1) is 9.51. The largest absolute Gasteiger partial charge is 0.323 e. The number of hydrazine groups is 1. The topological polar surface area (TPSA) is 80.0 Å². The second kappa shape index (κ2) is 5.66. The zero-order valence-corrected chi connectivity index (χ0v) is 11.2. The molecule has 0 aliphatic carbocycles. The van der Waals surface area contributed by atoms with Gasteiger partial charge in [0, 0.05) is 17.6 Å². The maximum atomic E-state index is 13.0. The van der Waals surface area contributed by atoms with Crippen molar-refractivity contribution >= 4 is 17.3 Å². The maximum absolute atomic E-state index is 13.0. The summed E-state index contributed by atoms with van der Waals surface area (Å²) in [5, 5.41) is 2.71. The molecule has 0 bridgehead atoms. The Labute approximate surface area is 116 Å². The lowest BCUT2D eigenvalue weighted by atomic mass is 10.1. The van der Waals surface area contributed by atoms with Crippen molar-refractivity contribution in [3.63, 3.8) is 0 Å². The highest BCUT2D eigenvalue weighted by atomic mass is 19.1. The number of aromatic nitrogens is 1. The summed E-state index contributed by atoms with van der Waals surface area (Å²) in [7, 11) is 0. The molecule has 2 rings (SSSR count). The number of nitrogens with zero attached hydrogens (tertiary/aromatic N) is 1. The summed E-state index contributed by atoms with van der Waals surface area (Å²) in [6.45, 7) is 3.51. The maximum Gasteiger partial charge on any atom is 0.259 e. The van der Waals surface area contributed by atoms with E-state index in [1.165, 1.54) is 24.4 Å². The molecule has 0 radical (unpaired) electrons. The Morgan fingerprint density at radius 3 is 2.65 bits per heavy atom. The molecule has 2 aromatic rings. The van der Waals surface area contributed by atoms with Gasteiger partial charge >= 0.3 is 0 Å². The number of nitrogens with two attached hydrogens (primary N) is 1. The van der Waals surface area contributed by atoms with Crippen LogP contribution in [0.15, 0.2) is 30.5 Å². The predicted octanol–water partition coefficient (Wildman–Crippen LogP) is 2.38. The fourth-order valence-corrected chi connectivity index (χ4v) is 1.82. The highest BCUT2D eigenvalue weighted by molar-refractivity contribution is 6.08. The molecule has 104 valence electrons. The van der Waals surface area contributed by atoms with E-state index in [-0.39, 0.29) is 11.7 Å². The lowest BCUT2D eigenvalue weighted by molar-refractivity contribution is 0.102. The minimum Gasteiger partial charge on any atom is -0.323 e. The van der Waals surface area contributed by atoms with Gasteiger partial charge in [-0.25, -0.2) is 4.39 Å². The average Bonchev–Trinajstić information content (AvgIpc) is 2.41. The van der Waals surface area contributed by atoms with Gasteiger partial charge in [-0.1, -0.05) is 0 Å². The van der Waals surface area contributed by atoms with Crippen molar-refractivity contribution in [2.45, 2.75) is 13.8 Å². The van der Waals surface area contributed by atoms with Gasteiger partial charge in [-0.05, 0) is 43.7 Å². The van der Waals surface area contributed by atoms with Gasteiger partial charge < -0.3 is 10.7 Å². The first-order valence-corrected chi connectivity index (χ1v) is 6.02. The molecule has 0 aliphatic heterocycles. The van der Waals surface area contributed by atoms with Crippen LogP contribution < -0.4 is 16.6 Å². The fourth-order valence-electron chi connectivity index (χ4n) is 1.82. The number of rotatable bonds is 3. The van der Waals surface area contributed by atoms with Crippen molar-refractivity contribution in [3.8, 4) is 0 Å². The molecule has 0 unspecified atom stereocenters. The van der Waals surface area contributed by atoms with Crippen LogP contribution in [-0.4, -0.2) is 10.9 Å². The van der Waals surface area contributed by atoms with Crippen molar-refractivity contribution in [1.29, 1.82) is 0 Å². The van der Waals surface area contributed by atoms with E-state index < -0.39 is 0 Å². The Morgan fingerprint density at radius 1 is 1.25 bits per heavy atom. The number of hydrogen-bond donors (Lipinski definition) is 3. The Bertz CT molecular complexity index is 658. The van der Waals surface area contributed by atoms with Crippen LogP contribution in [-0.2, 0) is 0 Å². The van der Waals surface area contributed by atoms with Crippen LogP contribution in [0.1, 0.15) is 21.6 Å². The number of pyridine rings is 1. The molecule has 1 amide bonds. The van der Waals surface area contributed by atoms with Gasteiger partial charge in [0.2, 0.25) is 0 Å². The van der Waals surface area contributed by atoms with Gasteiger partial charge in [-0.2, -0.15) is 0 Å². The van der Waals surface area contributed by atoms with E-state index in [1.54, 1.807) is 19.9 Å². The summed E-state index contributed by atoms with van der Waals surface area (Å²) >= 11 is 0. The standard InChI is InChI=1S/C14H15FN4O/c1-8-5-10(15)3-4-12(8)18-14(20)11-7-17-9(2)6-13(11)19-16/h3-7H,16H2,1-2H3,(H,17,19)(H,18,20). The molecule has 0 aliphatic rings. The van der Waals surface area contributed by atoms with Crippen molar-refractivity contribution in [2.75, 3.05) is 10.7 Å². The molecule has 1 aromatic heterocycles. The molecule has 0 saturated heterocycles. The Balaban J connectivity index is 2.28. The molecule has 20 heavy (non-hydrogen) atoms. The van der Waals surface area contributed by atoms with Gasteiger partial charge in [0.15, 0.2) is 0 Å². The number of anilines is 2. The van der Waals surface area contributed by atoms with E-state index in [0.29, 0.717) is 22.5 Å². The van der Waals surface area contributed by atoms with Gasteiger partial charge in [-0.15, -0.1) is 0 Å². The Hall–Kier alpha value is -2.47. The Morgan fingerprint density at radius 2 is 2.00 bits per heavy atom. The highest BCUT2D eigenvalue weighted by Crippen LogP contribution is 2.19. The van der Waals surface area contributed by atoms with E-state index in [2.05, 4.69) is 15.7 Å². The van der Waals surface area contributed by atoms with Crippen LogP contribution in [0.3, 0.4) is 0 Å². The second-order valence-electron chi connectivity index (χ2n) is 4.43. The van der Waals surface area contributed by atoms with Crippen molar-refractivity contribution in [1.82, 2.24) is 4.98 Å². The zero-order chi connectivity index (χ0) is 14.7. The third-order valence-electron chi connectivity index (χ3n) is 2.88. The first kappa shape index (κ1) is 14.0. The molecule has 1 heterocycles. The number of carbonyl (C=O) groups is 1. The number of aryl methyl sites for hydroxylation is 2. The van der Waals surface area contributed by atoms with Crippen LogP contribution in [0.2, 0.25) is 0 Å². The molecular formula is C14H15FN4O. The lowest BCUT2D eigenvalue weighted by Crippen LogP contribution is -2.18. The number of nitrogen functional groups attached to an aromatic ring is 1. The van der Waals surface area contributed by atoms with Gasteiger partial charge in [0.25, 0.3) is 5.91 Å². The fraction of sp³-hybridized carbons (Fsp3) is 0.143. The van der Waals surface area contributed by atoms with Gasteiger partial charge in [-0.3, -0.25) is 15.6 Å². The minimum absolute atomic E-state index is 0.321. The third-order valence-corrected chi connectivity index (χ3v) is 2.88. The summed E-state index contributed by atoms with van der Waals surface area (Å²) in [4.78, 5) is 16.3. The summed E-state index contributed by atoms with van der Waals surface area (Å²) < 4.78 is 13.0. The SMILES string of the molecule is Cc1cc(NN)c(C(=O)Nc2ccc(F)cc2C)cn1. The summed E-state index contributed by atoms with van der Waals surface area (Å²) in [6, 6.07) is 5.83. The van der Waals surface area contributed by atoms with Crippen molar-refractivity contribution in [3.05, 3.63) is 53.1 Å². The minimum atomic E-state index is -0.361. The van der Waals surface area contributed by atoms with Crippen LogP contribution in [0, 0.1) is 19.7 Å². The monoisotopic (exact) mass is 274 g/mol. The van der Waals surface area contributed by atoms with E-state index in [0.717, 1.165) is 5.69 Å².